The van der Waals surface area contributed by atoms with E-state index >= 15 is 0 Å². The highest BCUT2D eigenvalue weighted by atomic mass is 16.8. The lowest BCUT2D eigenvalue weighted by atomic mass is 9.91. The van der Waals surface area contributed by atoms with Gasteiger partial charge in [0.2, 0.25) is 11.7 Å². The molecule has 2 amide bonds. The molecule has 2 rings (SSSR count). The summed E-state index contributed by atoms with van der Waals surface area (Å²) < 4.78 is 37.1. The van der Waals surface area contributed by atoms with Crippen LogP contribution in [0.15, 0.2) is 11.8 Å². The zero-order valence-corrected chi connectivity index (χ0v) is 22.8. The number of ether oxygens (including phenoxy) is 7. The van der Waals surface area contributed by atoms with Crippen LogP contribution in [-0.2, 0) is 47.5 Å². The summed E-state index contributed by atoms with van der Waals surface area (Å²) in [5.74, 6) is -2.46. The first kappa shape index (κ1) is 30.7. The van der Waals surface area contributed by atoms with E-state index in [1.165, 1.54) is 13.0 Å². The van der Waals surface area contributed by atoms with Gasteiger partial charge in [-0.2, -0.15) is 0 Å². The Balaban J connectivity index is 2.46. The lowest BCUT2D eigenvalue weighted by Crippen LogP contribution is -2.64. The highest BCUT2D eigenvalue weighted by molar-refractivity contribution is 5.87. The second-order valence-electron chi connectivity index (χ2n) is 10.6. The highest BCUT2D eigenvalue weighted by Crippen LogP contribution is 2.28. The van der Waals surface area contributed by atoms with Gasteiger partial charge in [-0.15, -0.1) is 0 Å². The molecule has 14 heteroatoms. The average Bonchev–Trinajstić information content (AvgIpc) is 3.18. The number of amides is 2. The van der Waals surface area contributed by atoms with Gasteiger partial charge in [0.25, 0.3) is 0 Å². The van der Waals surface area contributed by atoms with Crippen molar-refractivity contribution in [1.82, 2.24) is 10.6 Å². The van der Waals surface area contributed by atoms with Crippen LogP contribution in [0.2, 0.25) is 0 Å². The summed E-state index contributed by atoms with van der Waals surface area (Å²) in [4.78, 5) is 61.3. The average molecular weight is 545 g/mol. The summed E-state index contributed by atoms with van der Waals surface area (Å²) >= 11 is 0. The Bertz CT molecular complexity index is 949. The SMILES string of the molecule is COC(=O)C1=C[C@H](NC(=O)OC(C)(C)C)[C@@H](NC(C)=O)[C@H]([C@H](OCC(=O)OC(C)(C)C)[C@H]2COC(=O)O2)O1. The summed E-state index contributed by atoms with van der Waals surface area (Å²) in [6.45, 7) is 10.4. The van der Waals surface area contributed by atoms with Crippen LogP contribution < -0.4 is 10.6 Å². The first-order chi connectivity index (χ1) is 17.5. The van der Waals surface area contributed by atoms with Gasteiger partial charge in [0.1, 0.15) is 30.5 Å². The maximum absolute atomic E-state index is 12.6. The zero-order chi connectivity index (χ0) is 28.8. The van der Waals surface area contributed by atoms with Crippen molar-refractivity contribution in [2.24, 2.45) is 0 Å². The Morgan fingerprint density at radius 3 is 2.16 bits per heavy atom. The molecule has 2 aliphatic heterocycles. The van der Waals surface area contributed by atoms with E-state index in [1.54, 1.807) is 41.5 Å². The molecule has 14 nitrogen and oxygen atoms in total. The maximum Gasteiger partial charge on any atom is 0.508 e. The minimum Gasteiger partial charge on any atom is -0.478 e. The number of carbonyl (C=O) groups excluding carboxylic acids is 5. The van der Waals surface area contributed by atoms with Crippen LogP contribution in [0.5, 0.6) is 0 Å². The Labute approximate surface area is 220 Å². The van der Waals surface area contributed by atoms with Crippen LogP contribution in [0, 0.1) is 0 Å². The number of hydrogen-bond donors (Lipinski definition) is 2. The van der Waals surface area contributed by atoms with Crippen LogP contribution in [0.3, 0.4) is 0 Å². The van der Waals surface area contributed by atoms with Crippen molar-refractivity contribution in [3.05, 3.63) is 11.8 Å². The summed E-state index contributed by atoms with van der Waals surface area (Å²) in [5, 5.41) is 5.25. The van der Waals surface area contributed by atoms with Crippen LogP contribution >= 0.6 is 0 Å². The Kier molecular flexibility index (Phi) is 9.95. The third-order valence-corrected chi connectivity index (χ3v) is 4.89. The molecule has 2 aliphatic rings. The fourth-order valence-electron chi connectivity index (χ4n) is 3.65. The number of alkyl carbamates (subject to hydrolysis) is 1. The second kappa shape index (κ2) is 12.3. The molecule has 38 heavy (non-hydrogen) atoms. The molecule has 0 spiro atoms. The van der Waals surface area contributed by atoms with Gasteiger partial charge in [0.15, 0.2) is 12.2 Å². The summed E-state index contributed by atoms with van der Waals surface area (Å²) in [6, 6.07) is -2.16. The van der Waals surface area contributed by atoms with E-state index in [-0.39, 0.29) is 12.4 Å². The van der Waals surface area contributed by atoms with E-state index in [0.717, 1.165) is 7.11 Å². The van der Waals surface area contributed by atoms with Crippen molar-refractivity contribution >= 4 is 30.1 Å². The van der Waals surface area contributed by atoms with Crippen molar-refractivity contribution < 1.29 is 57.1 Å². The number of rotatable bonds is 8. The molecule has 0 bridgehead atoms. The monoisotopic (exact) mass is 544 g/mol. The molecular formula is C24H36N2O12. The fraction of sp³-hybridized carbons (Fsp3) is 0.708. The van der Waals surface area contributed by atoms with E-state index in [0.29, 0.717) is 0 Å². The first-order valence-electron chi connectivity index (χ1n) is 11.9. The lowest BCUT2D eigenvalue weighted by molar-refractivity contribution is -0.173. The quantitative estimate of drug-likeness (QED) is 0.329. The third-order valence-electron chi connectivity index (χ3n) is 4.89. The predicted octanol–water partition coefficient (Wildman–Crippen LogP) is 1.10. The van der Waals surface area contributed by atoms with Gasteiger partial charge in [0.05, 0.1) is 19.2 Å². The Morgan fingerprint density at radius 1 is 1.03 bits per heavy atom. The molecule has 0 radical (unpaired) electrons. The molecular weight excluding hydrogens is 508 g/mol. The molecule has 0 aromatic carbocycles. The standard InChI is InChI=1S/C24H36N2O12/c1-12(27)25-17-13(26-21(30)38-24(5,6)7)9-14(20(29)32-8)35-19(17)18(15-10-34-22(31)36-15)33-11-16(28)37-23(2,3)4/h9,13,15,17-19H,10-11H2,1-8H3,(H,25,27)(H,26,30)/t13-,15+,17+,18+,19+/m0/s1. The number of carbonyl (C=O) groups is 5. The van der Waals surface area contributed by atoms with Crippen molar-refractivity contribution in [2.75, 3.05) is 20.3 Å². The largest absolute Gasteiger partial charge is 0.508 e. The summed E-state index contributed by atoms with van der Waals surface area (Å²) in [7, 11) is 1.13. The van der Waals surface area contributed by atoms with Crippen molar-refractivity contribution in [3.63, 3.8) is 0 Å². The predicted molar refractivity (Wildman–Crippen MR) is 128 cm³/mol. The van der Waals surface area contributed by atoms with Gasteiger partial charge in [-0.1, -0.05) is 0 Å². The van der Waals surface area contributed by atoms with Gasteiger partial charge >= 0.3 is 24.2 Å². The molecule has 0 saturated carbocycles. The highest BCUT2D eigenvalue weighted by Gasteiger charge is 2.49. The van der Waals surface area contributed by atoms with Crippen LogP contribution in [0.1, 0.15) is 48.5 Å². The van der Waals surface area contributed by atoms with Crippen LogP contribution in [-0.4, -0.2) is 92.0 Å². The molecule has 0 aliphatic carbocycles. The molecule has 5 atom stereocenters. The fourth-order valence-corrected chi connectivity index (χ4v) is 3.65. The van der Waals surface area contributed by atoms with E-state index < -0.39 is 78.3 Å². The van der Waals surface area contributed by atoms with E-state index in [2.05, 4.69) is 10.6 Å². The molecule has 1 fully saturated rings. The normalized spacial score (nSPS) is 24.0. The third kappa shape index (κ3) is 9.39. The number of hydrogen-bond acceptors (Lipinski definition) is 12. The molecule has 214 valence electrons. The molecule has 0 aromatic heterocycles. The number of cyclic esters (lactones) is 2. The van der Waals surface area contributed by atoms with Crippen LogP contribution in [0.25, 0.3) is 0 Å². The van der Waals surface area contributed by atoms with E-state index in [1.807, 2.05) is 0 Å². The molecule has 2 N–H and O–H groups in total. The summed E-state index contributed by atoms with van der Waals surface area (Å²) in [6.07, 6.45) is -4.26. The second-order valence-corrected chi connectivity index (χ2v) is 10.6. The zero-order valence-electron chi connectivity index (χ0n) is 22.8. The first-order valence-corrected chi connectivity index (χ1v) is 11.9. The molecule has 2 heterocycles. The number of nitrogens with one attached hydrogen (secondary N) is 2. The lowest BCUT2D eigenvalue weighted by Gasteiger charge is -2.41. The van der Waals surface area contributed by atoms with Gasteiger partial charge in [0, 0.05) is 6.92 Å². The Morgan fingerprint density at radius 2 is 1.66 bits per heavy atom. The van der Waals surface area contributed by atoms with Gasteiger partial charge < -0.3 is 43.8 Å². The topological polar surface area (TPSA) is 174 Å². The smallest absolute Gasteiger partial charge is 0.478 e. The van der Waals surface area contributed by atoms with Crippen molar-refractivity contribution in [2.45, 2.75) is 90.1 Å². The molecule has 0 unspecified atom stereocenters. The minimum absolute atomic E-state index is 0.272. The van der Waals surface area contributed by atoms with Gasteiger partial charge in [-0.3, -0.25) is 4.79 Å². The minimum atomic E-state index is -1.29. The summed E-state index contributed by atoms with van der Waals surface area (Å²) in [5.41, 5.74) is -1.65. The maximum atomic E-state index is 12.6. The number of methoxy groups -OCH3 is 1. The van der Waals surface area contributed by atoms with E-state index in [4.69, 9.17) is 33.2 Å². The van der Waals surface area contributed by atoms with Gasteiger partial charge in [-0.25, -0.2) is 19.2 Å². The number of esters is 2. The van der Waals surface area contributed by atoms with Gasteiger partial charge in [-0.05, 0) is 47.6 Å². The van der Waals surface area contributed by atoms with Crippen molar-refractivity contribution in [1.29, 1.82) is 0 Å². The molecule has 0 aromatic rings. The Hall–Kier alpha value is -3.55. The van der Waals surface area contributed by atoms with E-state index in [9.17, 15) is 24.0 Å². The molecule has 1 saturated heterocycles. The van der Waals surface area contributed by atoms with Crippen LogP contribution in [0.4, 0.5) is 9.59 Å². The van der Waals surface area contributed by atoms with Crippen molar-refractivity contribution in [3.8, 4) is 0 Å².